The van der Waals surface area contributed by atoms with Crippen LogP contribution >= 0.6 is 0 Å². The molecule has 4 aromatic rings. The number of hydrogen-bond acceptors (Lipinski definition) is 3. The number of amides is 2. The smallest absolute Gasteiger partial charge is 0.267 e. The molecule has 0 unspecified atom stereocenters. The van der Waals surface area contributed by atoms with Gasteiger partial charge in [-0.05, 0) is 61.2 Å². The van der Waals surface area contributed by atoms with Crippen LogP contribution in [0.15, 0.2) is 77.5 Å². The lowest BCUT2D eigenvalue weighted by Gasteiger charge is -2.29. The first-order valence-corrected chi connectivity index (χ1v) is 11.1. The molecule has 1 atom stereocenters. The Labute approximate surface area is 193 Å². The van der Waals surface area contributed by atoms with Crippen molar-refractivity contribution in [3.8, 4) is 0 Å². The summed E-state index contributed by atoms with van der Waals surface area (Å²) in [6.07, 6.45) is 4.89. The number of aryl methyl sites for hydroxylation is 2. The Morgan fingerprint density at radius 3 is 2.61 bits per heavy atom. The van der Waals surface area contributed by atoms with Gasteiger partial charge in [0.25, 0.3) is 11.8 Å². The maximum absolute atomic E-state index is 13.4. The van der Waals surface area contributed by atoms with E-state index in [-0.39, 0.29) is 17.9 Å². The number of nitrogens with zero attached hydrogens (tertiary/aromatic N) is 2. The van der Waals surface area contributed by atoms with E-state index in [1.54, 1.807) is 27.9 Å². The number of carbonyl (C=O) groups is 2. The zero-order chi connectivity index (χ0) is 23.4. The van der Waals surface area contributed by atoms with Crippen LogP contribution < -0.4 is 5.32 Å². The van der Waals surface area contributed by atoms with Crippen molar-refractivity contribution in [3.63, 3.8) is 0 Å². The van der Waals surface area contributed by atoms with Gasteiger partial charge < -0.3 is 19.2 Å². The summed E-state index contributed by atoms with van der Waals surface area (Å²) in [4.78, 5) is 27.7. The molecule has 6 heteroatoms. The highest BCUT2D eigenvalue weighted by molar-refractivity contribution is 5.98. The minimum absolute atomic E-state index is 0.0489. The van der Waals surface area contributed by atoms with Crippen LogP contribution in [0, 0.1) is 6.92 Å². The Kier molecular flexibility index (Phi) is 6.63. The maximum Gasteiger partial charge on any atom is 0.267 e. The van der Waals surface area contributed by atoms with Crippen molar-refractivity contribution < 1.29 is 14.0 Å². The number of fused-ring (bicyclic) bond motifs is 1. The summed E-state index contributed by atoms with van der Waals surface area (Å²) in [5.74, 6) is -0.164. The molecule has 0 saturated heterocycles. The molecule has 6 nitrogen and oxygen atoms in total. The van der Waals surface area contributed by atoms with Gasteiger partial charge in [0, 0.05) is 43.8 Å². The summed E-state index contributed by atoms with van der Waals surface area (Å²) in [7, 11) is 3.68. The van der Waals surface area contributed by atoms with Crippen molar-refractivity contribution >= 4 is 22.8 Å². The third-order valence-electron chi connectivity index (χ3n) is 6.14. The predicted octanol–water partition coefficient (Wildman–Crippen LogP) is 4.58. The average molecular weight is 444 g/mol. The van der Waals surface area contributed by atoms with E-state index < -0.39 is 0 Å². The van der Waals surface area contributed by atoms with Crippen molar-refractivity contribution in [1.82, 2.24) is 14.8 Å². The van der Waals surface area contributed by atoms with Crippen LogP contribution in [0.1, 0.15) is 38.4 Å². The van der Waals surface area contributed by atoms with Gasteiger partial charge in [-0.3, -0.25) is 9.59 Å². The van der Waals surface area contributed by atoms with Crippen molar-refractivity contribution in [2.75, 3.05) is 13.6 Å². The summed E-state index contributed by atoms with van der Waals surface area (Å²) >= 11 is 0. The van der Waals surface area contributed by atoms with Crippen LogP contribution in [0.25, 0.3) is 11.0 Å². The van der Waals surface area contributed by atoms with Gasteiger partial charge >= 0.3 is 0 Å². The van der Waals surface area contributed by atoms with E-state index in [0.717, 1.165) is 22.1 Å². The second-order valence-electron chi connectivity index (χ2n) is 8.44. The van der Waals surface area contributed by atoms with Crippen LogP contribution in [-0.2, 0) is 13.5 Å². The van der Waals surface area contributed by atoms with Gasteiger partial charge in [-0.2, -0.15) is 0 Å². The predicted molar refractivity (Wildman–Crippen MR) is 129 cm³/mol. The first kappa shape index (κ1) is 22.4. The van der Waals surface area contributed by atoms with Crippen molar-refractivity contribution in [3.05, 3.63) is 95.5 Å². The fourth-order valence-electron chi connectivity index (χ4n) is 4.12. The summed E-state index contributed by atoms with van der Waals surface area (Å²) in [5.41, 5.74) is 4.17. The Hall–Kier alpha value is -3.80. The lowest BCUT2D eigenvalue weighted by molar-refractivity contribution is 0.0723. The number of furan rings is 1. The van der Waals surface area contributed by atoms with Crippen LogP contribution in [-0.4, -0.2) is 40.9 Å². The number of aromatic nitrogens is 1. The van der Waals surface area contributed by atoms with Gasteiger partial charge in [0.2, 0.25) is 0 Å². The number of carbonyl (C=O) groups excluding carboxylic acids is 2. The molecule has 1 N–H and O–H groups in total. The monoisotopic (exact) mass is 443 g/mol. The maximum atomic E-state index is 13.4. The zero-order valence-corrected chi connectivity index (χ0v) is 19.2. The summed E-state index contributed by atoms with van der Waals surface area (Å²) in [6, 6.07) is 19.2. The van der Waals surface area contributed by atoms with Crippen molar-refractivity contribution in [2.45, 2.75) is 25.8 Å². The molecule has 2 aromatic carbocycles. The van der Waals surface area contributed by atoms with Crippen molar-refractivity contribution in [1.29, 1.82) is 0 Å². The molecule has 0 aliphatic carbocycles. The van der Waals surface area contributed by atoms with Gasteiger partial charge in [-0.15, -0.1) is 0 Å². The van der Waals surface area contributed by atoms with E-state index in [4.69, 9.17) is 4.42 Å². The second kappa shape index (κ2) is 9.77. The lowest BCUT2D eigenvalue weighted by atomic mass is 10.0. The van der Waals surface area contributed by atoms with Crippen LogP contribution in [0.5, 0.6) is 0 Å². The highest BCUT2D eigenvalue weighted by Crippen LogP contribution is 2.23. The second-order valence-corrected chi connectivity index (χ2v) is 8.44. The normalized spacial score (nSPS) is 12.0. The van der Waals surface area contributed by atoms with E-state index >= 15 is 0 Å². The molecule has 4 rings (SSSR count). The van der Waals surface area contributed by atoms with E-state index in [9.17, 15) is 9.59 Å². The first-order valence-electron chi connectivity index (χ1n) is 11.1. The molecule has 0 saturated carbocycles. The van der Waals surface area contributed by atoms with Crippen molar-refractivity contribution in [2.24, 2.45) is 7.05 Å². The fourth-order valence-corrected chi connectivity index (χ4v) is 4.12. The fraction of sp³-hybridized carbons (Fsp3) is 0.259. The molecule has 2 amide bonds. The molecular weight excluding hydrogens is 414 g/mol. The molecule has 0 aliphatic rings. The van der Waals surface area contributed by atoms with Gasteiger partial charge in [-0.25, -0.2) is 0 Å². The molecule has 0 bridgehead atoms. The molecule has 170 valence electrons. The summed E-state index contributed by atoms with van der Waals surface area (Å²) in [6.45, 7) is 2.44. The molecule has 33 heavy (non-hydrogen) atoms. The minimum atomic E-state index is -0.115. The Morgan fingerprint density at radius 1 is 1.09 bits per heavy atom. The SMILES string of the molecule is Cc1coc2ccc(C(=O)N(C)[C@H](CCNC(=O)c3cccn3C)Cc3ccccc3)cc12. The van der Waals surface area contributed by atoms with Gasteiger partial charge in [0.05, 0.1) is 6.26 Å². The van der Waals surface area contributed by atoms with Crippen LogP contribution in [0.2, 0.25) is 0 Å². The molecule has 0 aliphatic heterocycles. The Morgan fingerprint density at radius 2 is 1.88 bits per heavy atom. The molecule has 0 spiro atoms. The lowest BCUT2D eigenvalue weighted by Crippen LogP contribution is -2.41. The van der Waals surface area contributed by atoms with Gasteiger partial charge in [-0.1, -0.05) is 30.3 Å². The highest BCUT2D eigenvalue weighted by atomic mass is 16.3. The van der Waals surface area contributed by atoms with E-state index in [1.165, 1.54) is 0 Å². The minimum Gasteiger partial charge on any atom is -0.464 e. The van der Waals surface area contributed by atoms with E-state index in [1.807, 2.05) is 63.6 Å². The molecular formula is C27H29N3O3. The van der Waals surface area contributed by atoms with E-state index in [2.05, 4.69) is 17.4 Å². The molecule has 0 radical (unpaired) electrons. The topological polar surface area (TPSA) is 67.5 Å². The van der Waals surface area contributed by atoms with Crippen LogP contribution in [0.4, 0.5) is 0 Å². The number of benzene rings is 2. The highest BCUT2D eigenvalue weighted by Gasteiger charge is 2.23. The molecule has 0 fully saturated rings. The number of likely N-dealkylation sites (N-methyl/N-ethyl adjacent to an activating group) is 1. The number of rotatable bonds is 8. The van der Waals surface area contributed by atoms with Gasteiger partial charge in [0.15, 0.2) is 0 Å². The largest absolute Gasteiger partial charge is 0.464 e. The third-order valence-corrected chi connectivity index (χ3v) is 6.14. The Balaban J connectivity index is 1.49. The Bertz CT molecular complexity index is 1260. The summed E-state index contributed by atoms with van der Waals surface area (Å²) < 4.78 is 7.31. The molecule has 2 heterocycles. The average Bonchev–Trinajstić information content (AvgIpc) is 3.43. The van der Waals surface area contributed by atoms with Gasteiger partial charge in [0.1, 0.15) is 11.3 Å². The molecule has 2 aromatic heterocycles. The first-order chi connectivity index (χ1) is 15.9. The number of nitrogens with one attached hydrogen (secondary N) is 1. The quantitative estimate of drug-likeness (QED) is 0.433. The van der Waals surface area contributed by atoms with Crippen LogP contribution in [0.3, 0.4) is 0 Å². The standard InChI is InChI=1S/C27H29N3O3/c1-19-18-33-25-12-11-21(17-23(19)25)27(32)30(3)22(16-20-8-5-4-6-9-20)13-14-28-26(31)24-10-7-15-29(24)2/h4-12,15,17-18,22H,13-14,16H2,1-3H3,(H,28,31)/t22-/m1/s1. The number of hydrogen-bond donors (Lipinski definition) is 1. The summed E-state index contributed by atoms with van der Waals surface area (Å²) in [5, 5.41) is 3.94. The zero-order valence-electron chi connectivity index (χ0n) is 19.2. The van der Waals surface area contributed by atoms with E-state index in [0.29, 0.717) is 30.6 Å². The third kappa shape index (κ3) is 5.00.